The normalized spacial score (nSPS) is 14.0. The van der Waals surface area contributed by atoms with Crippen molar-refractivity contribution in [1.29, 1.82) is 0 Å². The lowest BCUT2D eigenvalue weighted by molar-refractivity contribution is -0.870. The molecular weight excluding hydrogens is 1050 g/mol. The molecule has 0 saturated carbocycles. The van der Waals surface area contributed by atoms with E-state index in [1.807, 2.05) is 33.3 Å². The fourth-order valence-electron chi connectivity index (χ4n) is 10.1. The van der Waals surface area contributed by atoms with E-state index in [1.54, 1.807) is 0 Å². The molecule has 0 aliphatic carbocycles. The summed E-state index contributed by atoms with van der Waals surface area (Å²) in [4.78, 5) is 40.1. The predicted molar refractivity (Wildman–Crippen MR) is 358 cm³/mol. The van der Waals surface area contributed by atoms with Gasteiger partial charge in [0.2, 0.25) is 5.91 Å². The van der Waals surface area contributed by atoms with Crippen LogP contribution in [-0.2, 0) is 27.9 Å². The molecule has 0 heterocycles. The second-order valence-corrected chi connectivity index (χ2v) is 26.4. The van der Waals surface area contributed by atoms with Crippen LogP contribution in [0.3, 0.4) is 0 Å². The number of hydrogen-bond donors (Lipinski definition) is 1. The van der Waals surface area contributed by atoms with Crippen molar-refractivity contribution in [1.82, 2.24) is 5.32 Å². The molecule has 0 radical (unpaired) electrons. The predicted octanol–water partition coefficient (Wildman–Crippen LogP) is 21.7. The molecule has 0 aliphatic rings. The van der Waals surface area contributed by atoms with E-state index in [1.165, 1.54) is 205 Å². The molecule has 10 heteroatoms. The summed E-state index contributed by atoms with van der Waals surface area (Å²) in [6.07, 6.45) is 81.6. The maximum atomic E-state index is 13.6. The van der Waals surface area contributed by atoms with Crippen molar-refractivity contribution in [3.8, 4) is 0 Å². The number of allylic oxidation sites excluding steroid dienone is 11. The van der Waals surface area contributed by atoms with E-state index in [4.69, 9.17) is 13.8 Å². The molecule has 0 rings (SSSR count). The summed E-state index contributed by atoms with van der Waals surface area (Å²) in [6.45, 7) is 6.83. The largest absolute Gasteiger partial charge is 0.756 e. The molecule has 0 aromatic heterocycles. The number of phosphoric acid groups is 1. The van der Waals surface area contributed by atoms with Crippen LogP contribution in [0, 0.1) is 0 Å². The van der Waals surface area contributed by atoms with Gasteiger partial charge in [-0.15, -0.1) is 0 Å². The zero-order valence-corrected chi connectivity index (χ0v) is 56.3. The van der Waals surface area contributed by atoms with Gasteiger partial charge in [0, 0.05) is 12.8 Å². The standard InChI is InChI=1S/C73H135N2O7P/c1-7-10-13-16-19-22-25-27-29-31-33-35-37-39-41-43-45-47-50-53-56-59-62-65-72(76)74-70(69-81-83(78,79)80-68-67-75(4,5)6)71(64-61-58-55-52-49-24-21-18-15-12-9-3)82-73(77)66-63-60-57-54-51-48-46-44-42-40-38-36-34-32-30-28-26-23-20-17-14-11-8-2/h20,23,27-30,34,36,40,42,61,64,70-71H,7-19,21-22,24-26,31-33,35,37-39,41,43-60,62-63,65-69H2,1-6H3,(H-,74,76,78,79)/b23-20-,29-27+,30-28-,36-34-,42-40-,64-61+. The fourth-order valence-corrected chi connectivity index (χ4v) is 10.9. The van der Waals surface area contributed by atoms with Crippen molar-refractivity contribution in [3.05, 3.63) is 72.9 Å². The second-order valence-electron chi connectivity index (χ2n) is 25.0. The molecular formula is C73H135N2O7P. The number of ether oxygens (including phenoxy) is 1. The third kappa shape index (κ3) is 63.8. The molecule has 1 N–H and O–H groups in total. The maximum Gasteiger partial charge on any atom is 0.306 e. The second kappa shape index (κ2) is 62.5. The highest BCUT2D eigenvalue weighted by atomic mass is 31.2. The summed E-state index contributed by atoms with van der Waals surface area (Å²) in [5, 5.41) is 3.04. The monoisotopic (exact) mass is 1180 g/mol. The Bertz CT molecular complexity index is 1650. The minimum Gasteiger partial charge on any atom is -0.756 e. The first-order valence-electron chi connectivity index (χ1n) is 35.2. The Morgan fingerprint density at radius 1 is 0.422 bits per heavy atom. The zero-order valence-electron chi connectivity index (χ0n) is 55.4. The van der Waals surface area contributed by atoms with Crippen molar-refractivity contribution in [2.75, 3.05) is 40.9 Å². The number of amides is 1. The van der Waals surface area contributed by atoms with Gasteiger partial charge in [0.15, 0.2) is 0 Å². The lowest BCUT2D eigenvalue weighted by Gasteiger charge is -2.30. The minimum absolute atomic E-state index is 0.0255. The number of esters is 1. The molecule has 3 unspecified atom stereocenters. The van der Waals surface area contributed by atoms with Crippen LogP contribution in [0.5, 0.6) is 0 Å². The molecule has 484 valence electrons. The van der Waals surface area contributed by atoms with Gasteiger partial charge in [0.05, 0.1) is 33.8 Å². The Morgan fingerprint density at radius 3 is 1.13 bits per heavy atom. The summed E-state index contributed by atoms with van der Waals surface area (Å²) >= 11 is 0. The van der Waals surface area contributed by atoms with Gasteiger partial charge in [-0.3, -0.25) is 14.2 Å². The van der Waals surface area contributed by atoms with Gasteiger partial charge in [-0.2, -0.15) is 0 Å². The summed E-state index contributed by atoms with van der Waals surface area (Å²) in [5.41, 5.74) is 0. The number of nitrogens with zero attached hydrogens (tertiary/aromatic N) is 1. The average molecular weight is 1180 g/mol. The molecule has 0 fully saturated rings. The third-order valence-electron chi connectivity index (χ3n) is 15.6. The van der Waals surface area contributed by atoms with Crippen LogP contribution in [0.25, 0.3) is 0 Å². The SMILES string of the molecule is CCCCC/C=C\C/C=C\C/C=C\C/C=C\CCCCCCCCCC(=O)OC(/C=C/CCCCCCCCCCC)C(COP(=O)([O-])OCC[N+](C)(C)C)NC(=O)CCCCCCCCCCCCCCC/C=C/CCCCCCCC. The highest BCUT2D eigenvalue weighted by molar-refractivity contribution is 7.45. The number of carbonyl (C=O) groups excluding carboxylic acids is 2. The van der Waals surface area contributed by atoms with Gasteiger partial charge >= 0.3 is 5.97 Å². The minimum atomic E-state index is -4.71. The first-order chi connectivity index (χ1) is 40.4. The number of quaternary nitrogens is 1. The van der Waals surface area contributed by atoms with E-state index in [0.717, 1.165) is 89.9 Å². The number of hydrogen-bond acceptors (Lipinski definition) is 7. The number of phosphoric ester groups is 1. The van der Waals surface area contributed by atoms with Crippen molar-refractivity contribution in [2.45, 2.75) is 341 Å². The summed E-state index contributed by atoms with van der Waals surface area (Å²) in [5.74, 6) is -0.545. The van der Waals surface area contributed by atoms with E-state index in [0.29, 0.717) is 17.4 Å². The van der Waals surface area contributed by atoms with Gasteiger partial charge in [0.25, 0.3) is 7.82 Å². The van der Waals surface area contributed by atoms with Crippen LogP contribution < -0.4 is 10.2 Å². The summed E-state index contributed by atoms with van der Waals surface area (Å²) in [7, 11) is 1.18. The lowest BCUT2D eigenvalue weighted by Crippen LogP contribution is -2.47. The Balaban J connectivity index is 5.07. The fraction of sp³-hybridized carbons (Fsp3) is 0.808. The van der Waals surface area contributed by atoms with Crippen LogP contribution in [0.1, 0.15) is 329 Å². The molecule has 83 heavy (non-hydrogen) atoms. The number of unbranched alkanes of at least 4 members (excludes halogenated alkanes) is 38. The van der Waals surface area contributed by atoms with Crippen LogP contribution in [0.2, 0.25) is 0 Å². The Kier molecular flexibility index (Phi) is 60.6. The Labute approximate surface area is 514 Å². The molecule has 3 atom stereocenters. The average Bonchev–Trinajstić information content (AvgIpc) is 3.51. The number of carbonyl (C=O) groups is 2. The van der Waals surface area contributed by atoms with E-state index in [2.05, 4.69) is 86.8 Å². The van der Waals surface area contributed by atoms with Crippen molar-refractivity contribution >= 4 is 19.7 Å². The van der Waals surface area contributed by atoms with Crippen molar-refractivity contribution in [3.63, 3.8) is 0 Å². The molecule has 1 amide bonds. The smallest absolute Gasteiger partial charge is 0.306 e. The number of nitrogens with one attached hydrogen (secondary N) is 1. The van der Waals surface area contributed by atoms with Crippen LogP contribution in [0.4, 0.5) is 0 Å². The van der Waals surface area contributed by atoms with Gasteiger partial charge in [-0.1, -0.05) is 287 Å². The van der Waals surface area contributed by atoms with Gasteiger partial charge in [-0.05, 0) is 102 Å². The van der Waals surface area contributed by atoms with Crippen LogP contribution in [0.15, 0.2) is 72.9 Å². The molecule has 0 aromatic carbocycles. The molecule has 9 nitrogen and oxygen atoms in total. The first kappa shape index (κ1) is 80.5. The summed E-state index contributed by atoms with van der Waals surface area (Å²) < 4.78 is 30.4. The van der Waals surface area contributed by atoms with E-state index in [-0.39, 0.29) is 24.9 Å². The van der Waals surface area contributed by atoms with Crippen LogP contribution >= 0.6 is 7.82 Å². The highest BCUT2D eigenvalue weighted by Crippen LogP contribution is 2.38. The third-order valence-corrected chi connectivity index (χ3v) is 16.6. The Morgan fingerprint density at radius 2 is 0.735 bits per heavy atom. The Hall–Kier alpha value is -2.55. The van der Waals surface area contributed by atoms with E-state index >= 15 is 0 Å². The highest BCUT2D eigenvalue weighted by Gasteiger charge is 2.27. The number of rotatable bonds is 64. The molecule has 0 aliphatic heterocycles. The number of likely N-dealkylation sites (N-methyl/N-ethyl adjacent to an activating group) is 1. The van der Waals surface area contributed by atoms with Crippen molar-refractivity contribution in [2.24, 2.45) is 0 Å². The first-order valence-corrected chi connectivity index (χ1v) is 36.7. The van der Waals surface area contributed by atoms with E-state index in [9.17, 15) is 19.0 Å². The summed E-state index contributed by atoms with van der Waals surface area (Å²) in [6, 6.07) is -0.895. The quantitative estimate of drug-likeness (QED) is 0.0212. The lowest BCUT2D eigenvalue weighted by atomic mass is 10.0. The van der Waals surface area contributed by atoms with Gasteiger partial charge in [-0.25, -0.2) is 0 Å². The maximum absolute atomic E-state index is 13.6. The van der Waals surface area contributed by atoms with E-state index < -0.39 is 26.6 Å². The van der Waals surface area contributed by atoms with Gasteiger partial charge < -0.3 is 28.5 Å². The topological polar surface area (TPSA) is 114 Å². The van der Waals surface area contributed by atoms with Crippen LogP contribution in [-0.4, -0.2) is 69.4 Å². The molecule has 0 spiro atoms. The zero-order chi connectivity index (χ0) is 60.7. The molecule has 0 saturated heterocycles. The van der Waals surface area contributed by atoms with Crippen molar-refractivity contribution < 1.29 is 37.3 Å². The van der Waals surface area contributed by atoms with Gasteiger partial charge in [0.1, 0.15) is 19.3 Å². The molecule has 0 aromatic rings. The molecule has 0 bridgehead atoms.